The molecule has 1 aromatic rings. The van der Waals surface area contributed by atoms with Gasteiger partial charge >= 0.3 is 0 Å². The van der Waals surface area contributed by atoms with Crippen molar-refractivity contribution in [3.8, 4) is 0 Å². The molecule has 3 nitrogen and oxygen atoms in total. The summed E-state index contributed by atoms with van der Waals surface area (Å²) in [4.78, 5) is 14.5. The van der Waals surface area contributed by atoms with Gasteiger partial charge in [0.2, 0.25) is 5.91 Å². The number of anilines is 1. The number of aryl methyl sites for hydroxylation is 1. The molecule has 3 heteroatoms. The Balaban J connectivity index is 2.33. The average molecular weight is 246 g/mol. The summed E-state index contributed by atoms with van der Waals surface area (Å²) in [6.45, 7) is 4.75. The monoisotopic (exact) mass is 246 g/mol. The maximum atomic E-state index is 12.6. The third kappa shape index (κ3) is 2.15. The fraction of sp³-hybridized carbons (Fsp3) is 0.533. The Morgan fingerprint density at radius 2 is 2.00 bits per heavy atom. The Morgan fingerprint density at radius 3 is 2.67 bits per heavy atom. The first kappa shape index (κ1) is 13.1. The Hall–Kier alpha value is -1.35. The van der Waals surface area contributed by atoms with Crippen LogP contribution >= 0.6 is 0 Å². The third-order valence-corrected chi connectivity index (χ3v) is 4.04. The van der Waals surface area contributed by atoms with E-state index in [0.29, 0.717) is 12.8 Å². The molecule has 0 atom stereocenters. The van der Waals surface area contributed by atoms with Crippen molar-refractivity contribution in [2.24, 2.45) is 5.73 Å². The lowest BCUT2D eigenvalue weighted by molar-refractivity contribution is -0.124. The molecule has 0 saturated heterocycles. The number of carbonyl (C=O) groups excluding carboxylic acids is 1. The highest BCUT2D eigenvalue weighted by atomic mass is 16.2. The number of carbonyl (C=O) groups is 1. The lowest BCUT2D eigenvalue weighted by atomic mass is 9.90. The van der Waals surface area contributed by atoms with Crippen LogP contribution in [0.15, 0.2) is 24.3 Å². The number of hydrogen-bond donors (Lipinski definition) is 1. The molecule has 18 heavy (non-hydrogen) atoms. The van der Waals surface area contributed by atoms with Gasteiger partial charge in [-0.1, -0.05) is 32.0 Å². The Morgan fingerprint density at radius 1 is 1.33 bits per heavy atom. The van der Waals surface area contributed by atoms with Crippen LogP contribution in [0.25, 0.3) is 0 Å². The van der Waals surface area contributed by atoms with Crippen LogP contribution in [0.5, 0.6) is 0 Å². The average Bonchev–Trinajstić information content (AvgIpc) is 2.45. The molecule has 1 heterocycles. The number of para-hydroxylation sites is 1. The van der Waals surface area contributed by atoms with E-state index in [4.69, 9.17) is 5.73 Å². The standard InChI is InChI=1S/C15H22N2O/c1-3-15(16,4-2)14(18)17-11-7-9-12-8-5-6-10-13(12)17/h5-6,8,10H,3-4,7,9,11,16H2,1-2H3. The van der Waals surface area contributed by atoms with Crippen LogP contribution in [0.4, 0.5) is 5.69 Å². The molecule has 0 radical (unpaired) electrons. The zero-order chi connectivity index (χ0) is 13.2. The largest absolute Gasteiger partial charge is 0.317 e. The van der Waals surface area contributed by atoms with Gasteiger partial charge in [0.05, 0.1) is 5.54 Å². The van der Waals surface area contributed by atoms with E-state index in [1.54, 1.807) is 0 Å². The van der Waals surface area contributed by atoms with E-state index in [1.165, 1.54) is 5.56 Å². The predicted octanol–water partition coefficient (Wildman–Crippen LogP) is 2.48. The first-order valence-electron chi connectivity index (χ1n) is 6.81. The Bertz CT molecular complexity index is 438. The van der Waals surface area contributed by atoms with Gasteiger partial charge in [0.15, 0.2) is 0 Å². The van der Waals surface area contributed by atoms with Crippen molar-refractivity contribution in [2.45, 2.75) is 45.1 Å². The molecule has 0 bridgehead atoms. The second kappa shape index (κ2) is 5.11. The highest BCUT2D eigenvalue weighted by Crippen LogP contribution is 2.29. The van der Waals surface area contributed by atoms with E-state index < -0.39 is 5.54 Å². The first-order valence-corrected chi connectivity index (χ1v) is 6.81. The number of nitrogens with zero attached hydrogens (tertiary/aromatic N) is 1. The molecule has 0 aliphatic carbocycles. The van der Waals surface area contributed by atoms with Crippen molar-refractivity contribution in [3.05, 3.63) is 29.8 Å². The van der Waals surface area contributed by atoms with Crippen molar-refractivity contribution in [3.63, 3.8) is 0 Å². The molecule has 0 saturated carbocycles. The van der Waals surface area contributed by atoms with E-state index in [2.05, 4.69) is 6.07 Å². The summed E-state index contributed by atoms with van der Waals surface area (Å²) in [5.74, 6) is 0.0691. The number of amides is 1. The fourth-order valence-electron chi connectivity index (χ4n) is 2.57. The van der Waals surface area contributed by atoms with E-state index in [0.717, 1.165) is 25.1 Å². The van der Waals surface area contributed by atoms with Crippen molar-refractivity contribution in [1.82, 2.24) is 0 Å². The fourth-order valence-corrected chi connectivity index (χ4v) is 2.57. The summed E-state index contributed by atoms with van der Waals surface area (Å²) in [7, 11) is 0. The van der Waals surface area contributed by atoms with Gasteiger partial charge in [0, 0.05) is 12.2 Å². The zero-order valence-corrected chi connectivity index (χ0v) is 11.3. The summed E-state index contributed by atoms with van der Waals surface area (Å²) >= 11 is 0. The van der Waals surface area contributed by atoms with E-state index in [1.807, 2.05) is 36.9 Å². The van der Waals surface area contributed by atoms with Crippen molar-refractivity contribution >= 4 is 11.6 Å². The number of benzene rings is 1. The SMILES string of the molecule is CCC(N)(CC)C(=O)N1CCCc2ccccc21. The van der Waals surface area contributed by atoms with Gasteiger partial charge in [0.25, 0.3) is 0 Å². The molecule has 1 amide bonds. The first-order chi connectivity index (χ1) is 8.62. The number of nitrogens with two attached hydrogens (primary N) is 1. The minimum absolute atomic E-state index is 0.0691. The van der Waals surface area contributed by atoms with Gasteiger partial charge in [-0.2, -0.15) is 0 Å². The lowest BCUT2D eigenvalue weighted by Crippen LogP contribution is -2.55. The van der Waals surface area contributed by atoms with Crippen LogP contribution in [0.1, 0.15) is 38.7 Å². The molecule has 2 rings (SSSR count). The van der Waals surface area contributed by atoms with Crippen LogP contribution in [-0.2, 0) is 11.2 Å². The normalized spacial score (nSPS) is 15.4. The van der Waals surface area contributed by atoms with Gasteiger partial charge in [-0.3, -0.25) is 4.79 Å². The third-order valence-electron chi connectivity index (χ3n) is 4.04. The molecule has 0 spiro atoms. The minimum Gasteiger partial charge on any atom is -0.317 e. The summed E-state index contributed by atoms with van der Waals surface area (Å²) < 4.78 is 0. The summed E-state index contributed by atoms with van der Waals surface area (Å²) in [5, 5.41) is 0. The van der Waals surface area contributed by atoms with Crippen molar-refractivity contribution in [2.75, 3.05) is 11.4 Å². The lowest BCUT2D eigenvalue weighted by Gasteiger charge is -2.36. The number of fused-ring (bicyclic) bond motifs is 1. The molecule has 1 aliphatic rings. The zero-order valence-electron chi connectivity index (χ0n) is 11.3. The molecule has 0 fully saturated rings. The van der Waals surface area contributed by atoms with Gasteiger partial charge in [-0.15, -0.1) is 0 Å². The van der Waals surface area contributed by atoms with Crippen LogP contribution < -0.4 is 10.6 Å². The van der Waals surface area contributed by atoms with Crippen LogP contribution in [0.2, 0.25) is 0 Å². The molecule has 98 valence electrons. The Kier molecular flexibility index (Phi) is 3.71. The molecule has 0 aromatic heterocycles. The van der Waals surface area contributed by atoms with Crippen LogP contribution in [-0.4, -0.2) is 18.0 Å². The molecule has 0 unspecified atom stereocenters. The highest BCUT2D eigenvalue weighted by molar-refractivity contribution is 6.00. The minimum atomic E-state index is -0.718. The number of rotatable bonds is 3. The smallest absolute Gasteiger partial charge is 0.247 e. The second-order valence-electron chi connectivity index (χ2n) is 5.05. The maximum Gasteiger partial charge on any atom is 0.247 e. The molecule has 1 aliphatic heterocycles. The van der Waals surface area contributed by atoms with Gasteiger partial charge in [-0.25, -0.2) is 0 Å². The topological polar surface area (TPSA) is 46.3 Å². The molecular formula is C15H22N2O. The predicted molar refractivity (Wildman–Crippen MR) is 74.6 cm³/mol. The van der Waals surface area contributed by atoms with Gasteiger partial charge in [-0.05, 0) is 37.3 Å². The molecule has 1 aromatic carbocycles. The molecular weight excluding hydrogens is 224 g/mol. The van der Waals surface area contributed by atoms with Crippen molar-refractivity contribution in [1.29, 1.82) is 0 Å². The summed E-state index contributed by atoms with van der Waals surface area (Å²) in [6.07, 6.45) is 3.43. The number of hydrogen-bond acceptors (Lipinski definition) is 2. The van der Waals surface area contributed by atoms with Crippen molar-refractivity contribution < 1.29 is 4.79 Å². The molecule has 2 N–H and O–H groups in total. The highest BCUT2D eigenvalue weighted by Gasteiger charge is 2.36. The van der Waals surface area contributed by atoms with E-state index >= 15 is 0 Å². The van der Waals surface area contributed by atoms with Gasteiger partial charge in [0.1, 0.15) is 0 Å². The Labute approximate surface area is 109 Å². The second-order valence-corrected chi connectivity index (χ2v) is 5.05. The van der Waals surface area contributed by atoms with Crippen LogP contribution in [0.3, 0.4) is 0 Å². The quantitative estimate of drug-likeness (QED) is 0.890. The van der Waals surface area contributed by atoms with E-state index in [9.17, 15) is 4.79 Å². The summed E-state index contributed by atoms with van der Waals surface area (Å²) in [5.41, 5.74) is 7.82. The van der Waals surface area contributed by atoms with Gasteiger partial charge < -0.3 is 10.6 Å². The van der Waals surface area contributed by atoms with E-state index in [-0.39, 0.29) is 5.91 Å². The van der Waals surface area contributed by atoms with Crippen LogP contribution in [0, 0.1) is 0 Å². The summed E-state index contributed by atoms with van der Waals surface area (Å²) in [6, 6.07) is 8.14. The maximum absolute atomic E-state index is 12.6.